The molecule has 3 N–H and O–H groups in total. The number of nitrogens with one attached hydrogen (secondary N) is 1. The van der Waals surface area contributed by atoms with E-state index in [1.54, 1.807) is 0 Å². The second-order valence-electron chi connectivity index (χ2n) is 5.49. The van der Waals surface area contributed by atoms with Crippen molar-refractivity contribution in [1.82, 2.24) is 4.72 Å². The van der Waals surface area contributed by atoms with Gasteiger partial charge in [0.1, 0.15) is 0 Å². The molecular formula is C12H24N2O3S. The maximum Gasteiger partial charge on any atom is 0.214 e. The molecule has 1 saturated heterocycles. The first-order valence-electron chi connectivity index (χ1n) is 6.90. The normalized spacial score (nSPS) is 31.4. The molecule has 2 rings (SSSR count). The quantitative estimate of drug-likeness (QED) is 0.788. The third kappa shape index (κ3) is 3.91. The summed E-state index contributed by atoms with van der Waals surface area (Å²) in [4.78, 5) is 0. The van der Waals surface area contributed by atoms with E-state index in [9.17, 15) is 8.42 Å². The highest BCUT2D eigenvalue weighted by Gasteiger charge is 2.28. The zero-order valence-corrected chi connectivity index (χ0v) is 11.6. The van der Waals surface area contributed by atoms with Crippen LogP contribution in [0, 0.1) is 5.92 Å². The molecule has 1 heterocycles. The Morgan fingerprint density at radius 2 is 1.67 bits per heavy atom. The van der Waals surface area contributed by atoms with Gasteiger partial charge in [0.2, 0.25) is 10.0 Å². The fourth-order valence-electron chi connectivity index (χ4n) is 2.73. The van der Waals surface area contributed by atoms with Crippen LogP contribution < -0.4 is 10.5 Å². The van der Waals surface area contributed by atoms with E-state index >= 15 is 0 Å². The van der Waals surface area contributed by atoms with Crippen LogP contribution in [-0.2, 0) is 14.8 Å². The minimum Gasteiger partial charge on any atom is -0.381 e. The van der Waals surface area contributed by atoms with Crippen molar-refractivity contribution < 1.29 is 13.2 Å². The van der Waals surface area contributed by atoms with Crippen molar-refractivity contribution in [2.24, 2.45) is 11.7 Å². The molecule has 106 valence electrons. The summed E-state index contributed by atoms with van der Waals surface area (Å²) in [5.74, 6) is 0.458. The fraction of sp³-hybridized carbons (Fsp3) is 1.00. The Labute approximate surface area is 110 Å². The lowest BCUT2D eigenvalue weighted by Gasteiger charge is -2.27. The molecule has 6 heteroatoms. The van der Waals surface area contributed by atoms with Crippen LogP contribution in [0.2, 0.25) is 0 Å². The first-order valence-corrected chi connectivity index (χ1v) is 8.44. The van der Waals surface area contributed by atoms with E-state index in [-0.39, 0.29) is 5.25 Å². The van der Waals surface area contributed by atoms with Crippen LogP contribution in [0.15, 0.2) is 0 Å². The molecule has 0 bridgehead atoms. The highest BCUT2D eigenvalue weighted by atomic mass is 32.2. The number of ether oxygens (including phenoxy) is 1. The molecular weight excluding hydrogens is 252 g/mol. The van der Waals surface area contributed by atoms with Gasteiger partial charge in [-0.05, 0) is 44.4 Å². The summed E-state index contributed by atoms with van der Waals surface area (Å²) >= 11 is 0. The van der Waals surface area contributed by atoms with Gasteiger partial charge in [0, 0.05) is 25.8 Å². The minimum atomic E-state index is -3.16. The highest BCUT2D eigenvalue weighted by molar-refractivity contribution is 7.90. The largest absolute Gasteiger partial charge is 0.381 e. The maximum atomic E-state index is 12.1. The molecule has 0 aromatic heterocycles. The SMILES string of the molecule is NC1CCC(CNS(=O)(=O)C2CCOCC2)CC1. The van der Waals surface area contributed by atoms with Gasteiger partial charge in [0.05, 0.1) is 5.25 Å². The summed E-state index contributed by atoms with van der Waals surface area (Å²) in [6.45, 7) is 1.69. The summed E-state index contributed by atoms with van der Waals surface area (Å²) < 4.78 is 32.2. The van der Waals surface area contributed by atoms with Gasteiger partial charge in [-0.2, -0.15) is 0 Å². The maximum absolute atomic E-state index is 12.1. The van der Waals surface area contributed by atoms with Crippen molar-refractivity contribution >= 4 is 10.0 Å². The highest BCUT2D eigenvalue weighted by Crippen LogP contribution is 2.23. The van der Waals surface area contributed by atoms with Gasteiger partial charge in [0.15, 0.2) is 0 Å². The van der Waals surface area contributed by atoms with E-state index in [1.165, 1.54) is 0 Å². The van der Waals surface area contributed by atoms with Gasteiger partial charge in [0.25, 0.3) is 0 Å². The lowest BCUT2D eigenvalue weighted by Crippen LogP contribution is -2.41. The smallest absolute Gasteiger partial charge is 0.214 e. The summed E-state index contributed by atoms with van der Waals surface area (Å²) in [5, 5.41) is -0.267. The standard InChI is InChI=1S/C12H24N2O3S/c13-11-3-1-10(2-4-11)9-14-18(15,16)12-5-7-17-8-6-12/h10-12,14H,1-9,13H2. The number of hydrogen-bond donors (Lipinski definition) is 2. The molecule has 0 amide bonds. The molecule has 0 unspecified atom stereocenters. The predicted molar refractivity (Wildman–Crippen MR) is 70.7 cm³/mol. The number of nitrogens with two attached hydrogens (primary N) is 1. The van der Waals surface area contributed by atoms with Gasteiger partial charge in [-0.3, -0.25) is 0 Å². The van der Waals surface area contributed by atoms with Crippen molar-refractivity contribution in [3.05, 3.63) is 0 Å². The average molecular weight is 276 g/mol. The monoisotopic (exact) mass is 276 g/mol. The van der Waals surface area contributed by atoms with Crippen molar-refractivity contribution in [2.45, 2.75) is 49.8 Å². The zero-order chi connectivity index (χ0) is 13.0. The second kappa shape index (κ2) is 6.32. The first kappa shape index (κ1) is 14.2. The summed E-state index contributed by atoms with van der Waals surface area (Å²) in [6.07, 6.45) is 5.35. The topological polar surface area (TPSA) is 81.4 Å². The van der Waals surface area contributed by atoms with Crippen LogP contribution in [0.3, 0.4) is 0 Å². The van der Waals surface area contributed by atoms with Crippen LogP contribution in [0.4, 0.5) is 0 Å². The van der Waals surface area contributed by atoms with Crippen LogP contribution in [0.5, 0.6) is 0 Å². The summed E-state index contributed by atoms with van der Waals surface area (Å²) in [5.41, 5.74) is 5.84. The Morgan fingerprint density at radius 3 is 2.28 bits per heavy atom. The Hall–Kier alpha value is -0.170. The first-order chi connectivity index (χ1) is 8.58. The van der Waals surface area contributed by atoms with Gasteiger partial charge < -0.3 is 10.5 Å². The molecule has 5 nitrogen and oxygen atoms in total. The minimum absolute atomic E-state index is 0.267. The van der Waals surface area contributed by atoms with Crippen LogP contribution >= 0.6 is 0 Å². The predicted octanol–water partition coefficient (Wildman–Crippen LogP) is 0.602. The lowest BCUT2D eigenvalue weighted by molar-refractivity contribution is 0.0981. The molecule has 0 radical (unpaired) electrons. The van der Waals surface area contributed by atoms with Crippen LogP contribution in [0.25, 0.3) is 0 Å². The van der Waals surface area contributed by atoms with E-state index in [4.69, 9.17) is 10.5 Å². The van der Waals surface area contributed by atoms with Gasteiger partial charge in [-0.1, -0.05) is 0 Å². The fourth-order valence-corrected chi connectivity index (χ4v) is 4.25. The second-order valence-corrected chi connectivity index (χ2v) is 7.53. The molecule has 1 aliphatic carbocycles. The van der Waals surface area contributed by atoms with E-state index in [0.29, 0.717) is 44.6 Å². The Morgan fingerprint density at radius 1 is 1.06 bits per heavy atom. The zero-order valence-electron chi connectivity index (χ0n) is 10.8. The van der Waals surface area contributed by atoms with E-state index in [2.05, 4.69) is 4.72 Å². The third-order valence-electron chi connectivity index (χ3n) is 4.07. The Balaban J connectivity index is 1.77. The van der Waals surface area contributed by atoms with E-state index in [0.717, 1.165) is 25.7 Å². The molecule has 0 spiro atoms. The molecule has 1 saturated carbocycles. The number of sulfonamides is 1. The molecule has 1 aliphatic heterocycles. The van der Waals surface area contributed by atoms with Crippen molar-refractivity contribution in [2.75, 3.05) is 19.8 Å². The molecule has 0 aromatic carbocycles. The third-order valence-corrected chi connectivity index (χ3v) is 5.99. The van der Waals surface area contributed by atoms with Crippen LogP contribution in [0.1, 0.15) is 38.5 Å². The van der Waals surface area contributed by atoms with E-state index in [1.807, 2.05) is 0 Å². The Kier molecular flexibility index (Phi) is 5.00. The molecule has 0 atom stereocenters. The summed E-state index contributed by atoms with van der Waals surface area (Å²) in [7, 11) is -3.16. The van der Waals surface area contributed by atoms with Crippen molar-refractivity contribution in [3.63, 3.8) is 0 Å². The average Bonchev–Trinajstić information content (AvgIpc) is 2.39. The molecule has 2 fully saturated rings. The Bertz CT molecular complexity index is 344. The number of hydrogen-bond acceptors (Lipinski definition) is 4. The lowest BCUT2D eigenvalue weighted by atomic mass is 9.87. The van der Waals surface area contributed by atoms with Gasteiger partial charge in [-0.15, -0.1) is 0 Å². The molecule has 18 heavy (non-hydrogen) atoms. The molecule has 0 aromatic rings. The number of rotatable bonds is 4. The van der Waals surface area contributed by atoms with Gasteiger partial charge in [-0.25, -0.2) is 13.1 Å². The summed E-state index contributed by atoms with van der Waals surface area (Å²) in [6, 6.07) is 0.313. The van der Waals surface area contributed by atoms with Crippen molar-refractivity contribution in [1.29, 1.82) is 0 Å². The van der Waals surface area contributed by atoms with E-state index < -0.39 is 10.0 Å². The van der Waals surface area contributed by atoms with Crippen molar-refractivity contribution in [3.8, 4) is 0 Å². The van der Waals surface area contributed by atoms with Crippen LogP contribution in [-0.4, -0.2) is 39.5 Å². The molecule has 2 aliphatic rings. The van der Waals surface area contributed by atoms with Gasteiger partial charge >= 0.3 is 0 Å².